The highest BCUT2D eigenvalue weighted by Crippen LogP contribution is 2.30. The number of nitrogens with one attached hydrogen (secondary N) is 1. The molecule has 2 rings (SSSR count). The molecular weight excluding hydrogens is 414 g/mol. The van der Waals surface area contributed by atoms with Gasteiger partial charge >= 0.3 is 5.69 Å². The number of nitrogens with zero attached hydrogens (tertiary/aromatic N) is 2. The Balaban J connectivity index is 2.12. The van der Waals surface area contributed by atoms with E-state index in [1.165, 1.54) is 30.2 Å². The summed E-state index contributed by atoms with van der Waals surface area (Å²) in [6, 6.07) is 12.9. The summed E-state index contributed by atoms with van der Waals surface area (Å²) in [4.78, 5) is 37.5. The zero-order valence-electron chi connectivity index (χ0n) is 18.7. The minimum atomic E-state index is -0.691. The highest BCUT2D eigenvalue weighted by Gasteiger charge is 2.26. The zero-order valence-corrected chi connectivity index (χ0v) is 18.7. The summed E-state index contributed by atoms with van der Waals surface area (Å²) < 4.78 is 10.6. The van der Waals surface area contributed by atoms with Gasteiger partial charge in [-0.1, -0.05) is 30.3 Å². The van der Waals surface area contributed by atoms with Crippen LogP contribution in [0.15, 0.2) is 48.5 Å². The third-order valence-electron chi connectivity index (χ3n) is 4.79. The number of benzene rings is 2. The summed E-state index contributed by atoms with van der Waals surface area (Å²) in [5.74, 6) is -0.336. The van der Waals surface area contributed by atoms with Crippen LogP contribution in [0.5, 0.6) is 11.5 Å². The molecule has 1 atom stereocenters. The van der Waals surface area contributed by atoms with Crippen LogP contribution in [0.1, 0.15) is 26.3 Å². The molecule has 0 aliphatic heterocycles. The number of nitro benzene ring substituents is 1. The average molecular weight is 444 g/mol. The molecule has 0 aliphatic carbocycles. The second kappa shape index (κ2) is 11.7. The van der Waals surface area contributed by atoms with E-state index in [0.717, 1.165) is 5.56 Å². The van der Waals surface area contributed by atoms with Crippen molar-refractivity contribution in [3.8, 4) is 11.5 Å². The summed E-state index contributed by atoms with van der Waals surface area (Å²) in [6.45, 7) is 5.39. The number of hydrogen-bond acceptors (Lipinski definition) is 6. The van der Waals surface area contributed by atoms with Gasteiger partial charge < -0.3 is 19.7 Å². The number of nitro groups is 1. The molecule has 2 amide bonds. The van der Waals surface area contributed by atoms with Gasteiger partial charge in [0.05, 0.1) is 12.0 Å². The van der Waals surface area contributed by atoms with E-state index in [-0.39, 0.29) is 41.6 Å². The number of ether oxygens (including phenoxy) is 2. The van der Waals surface area contributed by atoms with Gasteiger partial charge in [0.2, 0.25) is 11.7 Å². The molecule has 2 aromatic carbocycles. The highest BCUT2D eigenvalue weighted by atomic mass is 16.6. The Morgan fingerprint density at radius 3 is 2.41 bits per heavy atom. The Hall–Kier alpha value is -3.62. The minimum Gasteiger partial charge on any atom is -0.490 e. The second-order valence-electron chi connectivity index (χ2n) is 7.54. The first-order chi connectivity index (χ1) is 15.2. The van der Waals surface area contributed by atoms with Crippen molar-refractivity contribution < 1.29 is 24.0 Å². The summed E-state index contributed by atoms with van der Waals surface area (Å²) in [5, 5.41) is 13.9. The van der Waals surface area contributed by atoms with Gasteiger partial charge in [0, 0.05) is 24.7 Å². The van der Waals surface area contributed by atoms with E-state index in [0.29, 0.717) is 13.0 Å². The van der Waals surface area contributed by atoms with Crippen molar-refractivity contribution in [1.29, 1.82) is 0 Å². The summed E-state index contributed by atoms with van der Waals surface area (Å²) in [7, 11) is 1.32. The second-order valence-corrected chi connectivity index (χ2v) is 7.54. The lowest BCUT2D eigenvalue weighted by molar-refractivity contribution is -0.385. The number of hydrogen-bond donors (Lipinski definition) is 1. The predicted octanol–water partition coefficient (Wildman–Crippen LogP) is 2.97. The molecule has 172 valence electrons. The Kier molecular flexibility index (Phi) is 9.00. The van der Waals surface area contributed by atoms with E-state index in [2.05, 4.69) is 5.32 Å². The monoisotopic (exact) mass is 443 g/mol. The van der Waals surface area contributed by atoms with Crippen molar-refractivity contribution in [3.05, 3.63) is 64.2 Å². The maximum absolute atomic E-state index is 13.0. The molecule has 9 heteroatoms. The number of methoxy groups -OCH3 is 1. The molecule has 1 N–H and O–H groups in total. The lowest BCUT2D eigenvalue weighted by Gasteiger charge is -2.29. The Morgan fingerprint density at radius 2 is 1.81 bits per heavy atom. The van der Waals surface area contributed by atoms with E-state index < -0.39 is 11.0 Å². The number of carbonyl (C=O) groups excluding carboxylic acids is 2. The van der Waals surface area contributed by atoms with Crippen molar-refractivity contribution in [2.45, 2.75) is 39.3 Å². The van der Waals surface area contributed by atoms with Crippen LogP contribution >= 0.6 is 0 Å². The van der Waals surface area contributed by atoms with Crippen molar-refractivity contribution in [2.75, 3.05) is 20.3 Å². The van der Waals surface area contributed by atoms with Gasteiger partial charge in [-0.2, -0.15) is 0 Å². The first-order valence-corrected chi connectivity index (χ1v) is 10.3. The smallest absolute Gasteiger partial charge is 0.311 e. The van der Waals surface area contributed by atoms with E-state index in [1.807, 2.05) is 44.2 Å². The van der Waals surface area contributed by atoms with Crippen molar-refractivity contribution in [1.82, 2.24) is 10.2 Å². The standard InChI is InChI=1S/C23H29N3O6/c1-16(2)24-23(28)17(3)25(13-12-18-8-6-5-7-9-18)22(27)15-32-19-10-11-20(26(29)30)21(14-19)31-4/h5-11,14,16-17H,12-13,15H2,1-4H3,(H,24,28). The maximum Gasteiger partial charge on any atom is 0.311 e. The van der Waals surface area contributed by atoms with Crippen LogP contribution in [0.3, 0.4) is 0 Å². The Labute approximate surface area is 187 Å². The molecular formula is C23H29N3O6. The SMILES string of the molecule is COc1cc(OCC(=O)N(CCc2ccccc2)C(C)C(=O)NC(C)C)ccc1[N+](=O)[O-]. The molecule has 9 nitrogen and oxygen atoms in total. The summed E-state index contributed by atoms with van der Waals surface area (Å²) >= 11 is 0. The van der Waals surface area contributed by atoms with Crippen LogP contribution in [-0.2, 0) is 16.0 Å². The third kappa shape index (κ3) is 6.97. The number of rotatable bonds is 11. The van der Waals surface area contributed by atoms with Crippen LogP contribution in [0, 0.1) is 10.1 Å². The molecule has 0 heterocycles. The average Bonchev–Trinajstić information content (AvgIpc) is 2.77. The molecule has 32 heavy (non-hydrogen) atoms. The van der Waals surface area contributed by atoms with Crippen LogP contribution in [0.2, 0.25) is 0 Å². The van der Waals surface area contributed by atoms with Crippen LogP contribution in [0.4, 0.5) is 5.69 Å². The van der Waals surface area contributed by atoms with Gasteiger partial charge in [0.15, 0.2) is 6.61 Å². The zero-order chi connectivity index (χ0) is 23.7. The van der Waals surface area contributed by atoms with Gasteiger partial charge in [0.1, 0.15) is 11.8 Å². The fourth-order valence-corrected chi connectivity index (χ4v) is 3.10. The topological polar surface area (TPSA) is 111 Å². The fourth-order valence-electron chi connectivity index (χ4n) is 3.10. The van der Waals surface area contributed by atoms with Gasteiger partial charge in [-0.25, -0.2) is 0 Å². The highest BCUT2D eigenvalue weighted by molar-refractivity contribution is 5.88. The normalized spacial score (nSPS) is 11.5. The molecule has 0 fully saturated rings. The molecule has 0 radical (unpaired) electrons. The largest absolute Gasteiger partial charge is 0.490 e. The van der Waals surface area contributed by atoms with Gasteiger partial charge in [-0.15, -0.1) is 0 Å². The van der Waals surface area contributed by atoms with Crippen LogP contribution in [0.25, 0.3) is 0 Å². The van der Waals surface area contributed by atoms with E-state index in [1.54, 1.807) is 6.92 Å². The van der Waals surface area contributed by atoms with Gasteiger partial charge in [-0.05, 0) is 38.8 Å². The van der Waals surface area contributed by atoms with Crippen molar-refractivity contribution in [3.63, 3.8) is 0 Å². The third-order valence-corrected chi connectivity index (χ3v) is 4.79. The quantitative estimate of drug-likeness (QED) is 0.422. The molecule has 0 bridgehead atoms. The van der Waals surface area contributed by atoms with Crippen molar-refractivity contribution >= 4 is 17.5 Å². The molecule has 0 aromatic heterocycles. The molecule has 1 unspecified atom stereocenters. The minimum absolute atomic E-state index is 0.0329. The maximum atomic E-state index is 13.0. The van der Waals surface area contributed by atoms with Gasteiger partial charge in [-0.3, -0.25) is 19.7 Å². The summed E-state index contributed by atoms with van der Waals surface area (Å²) in [5.41, 5.74) is 0.845. The predicted molar refractivity (Wildman–Crippen MR) is 120 cm³/mol. The van der Waals surface area contributed by atoms with Gasteiger partial charge in [0.25, 0.3) is 5.91 Å². The molecule has 0 saturated carbocycles. The Bertz CT molecular complexity index is 933. The van der Waals surface area contributed by atoms with Crippen molar-refractivity contribution in [2.24, 2.45) is 0 Å². The number of carbonyl (C=O) groups is 2. The van der Waals surface area contributed by atoms with E-state index in [9.17, 15) is 19.7 Å². The lowest BCUT2D eigenvalue weighted by Crippen LogP contribution is -2.51. The molecule has 2 aromatic rings. The molecule has 0 spiro atoms. The number of amides is 2. The van der Waals surface area contributed by atoms with E-state index in [4.69, 9.17) is 9.47 Å². The van der Waals surface area contributed by atoms with E-state index >= 15 is 0 Å². The first kappa shape index (κ1) is 24.6. The molecule has 0 saturated heterocycles. The summed E-state index contributed by atoms with van der Waals surface area (Å²) in [6.07, 6.45) is 0.581. The van der Waals surface area contributed by atoms with Crippen LogP contribution < -0.4 is 14.8 Å². The fraction of sp³-hybridized carbons (Fsp3) is 0.391. The first-order valence-electron chi connectivity index (χ1n) is 10.3. The Morgan fingerprint density at radius 1 is 1.12 bits per heavy atom. The lowest BCUT2D eigenvalue weighted by atomic mass is 10.1. The van der Waals surface area contributed by atoms with Crippen LogP contribution in [-0.4, -0.2) is 54.0 Å². The molecule has 0 aliphatic rings.